The van der Waals surface area contributed by atoms with Gasteiger partial charge in [0, 0.05) is 0 Å². The summed E-state index contributed by atoms with van der Waals surface area (Å²) in [6.45, 7) is 0. The Labute approximate surface area is 118 Å². The zero-order chi connectivity index (χ0) is 16.3. The summed E-state index contributed by atoms with van der Waals surface area (Å²) in [4.78, 5) is 11.1. The molecule has 0 aliphatic heterocycles. The van der Waals surface area contributed by atoms with Crippen molar-refractivity contribution in [2.75, 3.05) is 7.11 Å². The van der Waals surface area contributed by atoms with Crippen LogP contribution in [0, 0.1) is 0 Å². The van der Waals surface area contributed by atoms with Gasteiger partial charge in [0.15, 0.2) is 0 Å². The van der Waals surface area contributed by atoms with Crippen LogP contribution in [-0.4, -0.2) is 33.0 Å². The fourth-order valence-electron chi connectivity index (χ4n) is 1.34. The van der Waals surface area contributed by atoms with Gasteiger partial charge >= 0.3 is 21.6 Å². The molecule has 1 aromatic carbocycles. The molecule has 0 aromatic heterocycles. The number of halogens is 3. The maximum Gasteiger partial charge on any atom is 0.534 e. The molecule has 0 bridgehead atoms. The number of nitrogens with two attached hydrogens (primary N) is 1. The van der Waals surface area contributed by atoms with E-state index in [0.717, 1.165) is 12.1 Å². The number of carbonyl (C=O) groups is 1. The van der Waals surface area contributed by atoms with Crippen molar-refractivity contribution in [3.05, 3.63) is 29.8 Å². The van der Waals surface area contributed by atoms with E-state index in [0.29, 0.717) is 5.56 Å². The van der Waals surface area contributed by atoms with Crippen LogP contribution in [0.3, 0.4) is 0 Å². The van der Waals surface area contributed by atoms with E-state index in [9.17, 15) is 26.4 Å². The van der Waals surface area contributed by atoms with E-state index in [2.05, 4.69) is 8.92 Å². The van der Waals surface area contributed by atoms with Crippen LogP contribution >= 0.6 is 0 Å². The number of methoxy groups -OCH3 is 1. The molecule has 0 spiro atoms. The largest absolute Gasteiger partial charge is 0.534 e. The normalized spacial score (nSPS) is 13.6. The Morgan fingerprint density at radius 1 is 1.29 bits per heavy atom. The second-order valence-corrected chi connectivity index (χ2v) is 5.50. The molecule has 0 heterocycles. The molecule has 6 nitrogen and oxygen atoms in total. The fourth-order valence-corrected chi connectivity index (χ4v) is 1.80. The lowest BCUT2D eigenvalue weighted by atomic mass is 10.1. The molecule has 0 fully saturated rings. The quantitative estimate of drug-likeness (QED) is 0.492. The first-order valence-corrected chi connectivity index (χ1v) is 6.91. The number of rotatable bonds is 5. The van der Waals surface area contributed by atoms with Gasteiger partial charge in [0.25, 0.3) is 0 Å². The van der Waals surface area contributed by atoms with Gasteiger partial charge in [0.05, 0.1) is 7.11 Å². The van der Waals surface area contributed by atoms with Crippen molar-refractivity contribution >= 4 is 16.1 Å². The molecule has 0 aliphatic rings. The maximum atomic E-state index is 12.1. The van der Waals surface area contributed by atoms with Crippen LogP contribution in [0.15, 0.2) is 24.3 Å². The molecule has 1 aromatic rings. The number of alkyl halides is 3. The number of hydrogen-bond donors (Lipinski definition) is 1. The van der Waals surface area contributed by atoms with Crippen molar-refractivity contribution in [3.8, 4) is 5.75 Å². The molecule has 2 N–H and O–H groups in total. The monoisotopic (exact) mass is 327 g/mol. The van der Waals surface area contributed by atoms with Crippen LogP contribution in [0.4, 0.5) is 13.2 Å². The van der Waals surface area contributed by atoms with Crippen LogP contribution in [0.25, 0.3) is 0 Å². The molecule has 10 heteroatoms. The summed E-state index contributed by atoms with van der Waals surface area (Å²) >= 11 is 0. The van der Waals surface area contributed by atoms with E-state index in [1.54, 1.807) is 0 Å². The summed E-state index contributed by atoms with van der Waals surface area (Å²) in [5.41, 5.74) is 0.509. The number of benzene rings is 1. The van der Waals surface area contributed by atoms with E-state index in [-0.39, 0.29) is 6.42 Å². The minimum absolute atomic E-state index is 0.0823. The zero-order valence-electron chi connectivity index (χ0n) is 10.8. The smallest absolute Gasteiger partial charge is 0.468 e. The van der Waals surface area contributed by atoms with Gasteiger partial charge in [0.1, 0.15) is 11.8 Å². The summed E-state index contributed by atoms with van der Waals surface area (Å²) in [6.07, 6.45) is 0.0823. The van der Waals surface area contributed by atoms with Gasteiger partial charge in [-0.25, -0.2) is 0 Å². The Bertz CT molecular complexity index is 597. The van der Waals surface area contributed by atoms with Crippen molar-refractivity contribution in [2.24, 2.45) is 5.73 Å². The third kappa shape index (κ3) is 4.60. The number of carbonyl (C=O) groups excluding carboxylic acids is 1. The molecule has 0 radical (unpaired) electrons. The number of esters is 1. The molecule has 0 saturated heterocycles. The van der Waals surface area contributed by atoms with Crippen LogP contribution in [0.1, 0.15) is 5.56 Å². The first-order chi connectivity index (χ1) is 9.56. The van der Waals surface area contributed by atoms with E-state index in [1.165, 1.54) is 19.2 Å². The Kier molecular flexibility index (Phi) is 5.18. The third-order valence-corrected chi connectivity index (χ3v) is 3.35. The average Bonchev–Trinajstić information content (AvgIpc) is 2.38. The van der Waals surface area contributed by atoms with Gasteiger partial charge < -0.3 is 14.7 Å². The minimum atomic E-state index is -5.70. The average molecular weight is 327 g/mol. The van der Waals surface area contributed by atoms with Gasteiger partial charge in [-0.15, -0.1) is 0 Å². The maximum absolute atomic E-state index is 12.1. The van der Waals surface area contributed by atoms with Crippen LogP contribution in [-0.2, 0) is 26.1 Å². The molecule has 1 rings (SSSR count). The molecule has 0 unspecified atom stereocenters. The summed E-state index contributed by atoms with van der Waals surface area (Å²) < 4.78 is 66.3. The Morgan fingerprint density at radius 3 is 2.24 bits per heavy atom. The van der Waals surface area contributed by atoms with Crippen LogP contribution in [0.2, 0.25) is 0 Å². The van der Waals surface area contributed by atoms with Crippen molar-refractivity contribution in [2.45, 2.75) is 18.0 Å². The second kappa shape index (κ2) is 6.31. The Hall–Kier alpha value is -1.81. The first-order valence-electron chi connectivity index (χ1n) is 5.50. The molecule has 21 heavy (non-hydrogen) atoms. The molecule has 1 atom stereocenters. The highest BCUT2D eigenvalue weighted by Gasteiger charge is 2.48. The topological polar surface area (TPSA) is 95.7 Å². The highest BCUT2D eigenvalue weighted by molar-refractivity contribution is 7.87. The minimum Gasteiger partial charge on any atom is -0.468 e. The van der Waals surface area contributed by atoms with Crippen LogP contribution in [0.5, 0.6) is 5.75 Å². The lowest BCUT2D eigenvalue weighted by Gasteiger charge is -2.11. The first kappa shape index (κ1) is 17.2. The summed E-state index contributed by atoms with van der Waals surface area (Å²) in [5.74, 6) is -1.14. The predicted octanol–water partition coefficient (Wildman–Crippen LogP) is 0.958. The van der Waals surface area contributed by atoms with Gasteiger partial charge in [-0.2, -0.15) is 21.6 Å². The lowest BCUT2D eigenvalue weighted by molar-refractivity contribution is -0.142. The molecular weight excluding hydrogens is 315 g/mol. The van der Waals surface area contributed by atoms with Crippen molar-refractivity contribution in [3.63, 3.8) is 0 Å². The van der Waals surface area contributed by atoms with E-state index in [1.807, 2.05) is 0 Å². The summed E-state index contributed by atoms with van der Waals surface area (Å²) in [6, 6.07) is 3.72. The number of ether oxygens (including phenoxy) is 1. The lowest BCUT2D eigenvalue weighted by Crippen LogP contribution is -2.33. The highest BCUT2D eigenvalue weighted by Crippen LogP contribution is 2.27. The van der Waals surface area contributed by atoms with E-state index < -0.39 is 33.4 Å². The van der Waals surface area contributed by atoms with Gasteiger partial charge in [0.2, 0.25) is 0 Å². The Balaban J connectivity index is 2.78. The third-order valence-electron chi connectivity index (χ3n) is 2.37. The molecule has 0 amide bonds. The SMILES string of the molecule is COC(=O)[C@@H](N)Cc1ccc(OS(=O)(=O)C(F)(F)F)cc1. The van der Waals surface area contributed by atoms with Gasteiger partial charge in [-0.3, -0.25) is 4.79 Å². The molecule has 118 valence electrons. The predicted molar refractivity (Wildman–Crippen MR) is 65.7 cm³/mol. The highest BCUT2D eigenvalue weighted by atomic mass is 32.2. The Morgan fingerprint density at radius 2 is 1.81 bits per heavy atom. The number of hydrogen-bond acceptors (Lipinski definition) is 6. The molecule has 0 aliphatic carbocycles. The van der Waals surface area contributed by atoms with Gasteiger partial charge in [-0.1, -0.05) is 12.1 Å². The van der Waals surface area contributed by atoms with Crippen LogP contribution < -0.4 is 9.92 Å². The summed E-state index contributed by atoms with van der Waals surface area (Å²) in [7, 11) is -4.54. The van der Waals surface area contributed by atoms with Crippen molar-refractivity contribution < 1.29 is 35.3 Å². The van der Waals surface area contributed by atoms with E-state index in [4.69, 9.17) is 5.73 Å². The second-order valence-electron chi connectivity index (χ2n) is 3.96. The standard InChI is InChI=1S/C11H12F3NO5S/c1-19-10(16)9(15)6-7-2-4-8(5-3-7)20-21(17,18)11(12,13)14/h2-5,9H,6,15H2,1H3/t9-/m0/s1. The fraction of sp³-hybridized carbons (Fsp3) is 0.364. The molecular formula is C11H12F3NO5S. The van der Waals surface area contributed by atoms with Gasteiger partial charge in [-0.05, 0) is 24.1 Å². The molecule has 0 saturated carbocycles. The summed E-state index contributed by atoms with van der Waals surface area (Å²) in [5, 5.41) is 0. The van der Waals surface area contributed by atoms with Crippen molar-refractivity contribution in [1.29, 1.82) is 0 Å². The van der Waals surface area contributed by atoms with Crippen molar-refractivity contribution in [1.82, 2.24) is 0 Å². The van der Waals surface area contributed by atoms with E-state index >= 15 is 0 Å². The zero-order valence-corrected chi connectivity index (χ0v) is 11.6.